The summed E-state index contributed by atoms with van der Waals surface area (Å²) in [6.07, 6.45) is -1.36. The number of aliphatic hydroxyl groups is 1. The molecule has 2 unspecified atom stereocenters. The van der Waals surface area contributed by atoms with Crippen molar-refractivity contribution in [3.05, 3.63) is 94.4 Å². The molecular weight excluding hydrogens is 701 g/mol. The molecule has 0 radical (unpaired) electrons. The van der Waals surface area contributed by atoms with Gasteiger partial charge >= 0.3 is 6.36 Å². The Labute approximate surface area is 311 Å². The lowest BCUT2D eigenvalue weighted by Crippen LogP contribution is -2.51. The molecule has 0 aliphatic carbocycles. The summed E-state index contributed by atoms with van der Waals surface area (Å²) in [5.74, 6) is 0.00728. The third kappa shape index (κ3) is 8.72. The number of hydrogen-bond acceptors (Lipinski definition) is 8. The van der Waals surface area contributed by atoms with Crippen LogP contribution in [0.3, 0.4) is 0 Å². The molecule has 2 amide bonds. The van der Waals surface area contributed by atoms with Crippen LogP contribution in [0.5, 0.6) is 5.75 Å². The number of halogens is 3. The van der Waals surface area contributed by atoms with Gasteiger partial charge in [-0.15, -0.1) is 13.2 Å². The van der Waals surface area contributed by atoms with Gasteiger partial charge in [0, 0.05) is 74.6 Å². The zero-order valence-corrected chi connectivity index (χ0v) is 30.1. The summed E-state index contributed by atoms with van der Waals surface area (Å²) in [5.41, 5.74) is 3.45. The quantitative estimate of drug-likeness (QED) is 0.227. The summed E-state index contributed by atoms with van der Waals surface area (Å²) in [6, 6.07) is 19.8. The molecule has 11 nitrogen and oxygen atoms in total. The highest BCUT2D eigenvalue weighted by Gasteiger charge is 2.33. The molecule has 0 saturated carbocycles. The fourth-order valence-electron chi connectivity index (χ4n) is 7.83. The number of aromatic nitrogens is 1. The van der Waals surface area contributed by atoms with Crippen molar-refractivity contribution in [2.45, 2.75) is 56.8 Å². The number of anilines is 1. The number of amides is 2. The third-order valence-corrected chi connectivity index (χ3v) is 10.9. The number of piperidine rings is 2. The van der Waals surface area contributed by atoms with Crippen LogP contribution in [-0.2, 0) is 23.2 Å². The van der Waals surface area contributed by atoms with E-state index in [1.165, 1.54) is 16.2 Å². The number of alkyl halides is 3. The minimum absolute atomic E-state index is 0.0551. The summed E-state index contributed by atoms with van der Waals surface area (Å²) in [4.78, 5) is 43.5. The number of carbonyl (C=O) groups excluding carboxylic acids is 2. The van der Waals surface area contributed by atoms with Crippen LogP contribution in [-0.4, -0.2) is 101 Å². The summed E-state index contributed by atoms with van der Waals surface area (Å²) in [7, 11) is 1.61. The fourth-order valence-corrected chi connectivity index (χ4v) is 7.83. The summed E-state index contributed by atoms with van der Waals surface area (Å²) >= 11 is 0. The lowest BCUT2D eigenvalue weighted by Gasteiger charge is -2.37. The van der Waals surface area contributed by atoms with Gasteiger partial charge in [0.05, 0.1) is 12.6 Å². The maximum absolute atomic E-state index is 13.6. The normalized spacial score (nSPS) is 20.5. The molecule has 1 aromatic heterocycles. The molecule has 3 saturated heterocycles. The molecule has 3 fully saturated rings. The van der Waals surface area contributed by atoms with Gasteiger partial charge < -0.3 is 29.9 Å². The van der Waals surface area contributed by atoms with Crippen molar-refractivity contribution >= 4 is 28.3 Å². The van der Waals surface area contributed by atoms with Gasteiger partial charge in [-0.3, -0.25) is 24.2 Å². The predicted octanol–water partition coefficient (Wildman–Crippen LogP) is 4.64. The van der Waals surface area contributed by atoms with Crippen LogP contribution in [0.2, 0.25) is 0 Å². The minimum atomic E-state index is -4.89. The van der Waals surface area contributed by atoms with E-state index in [0.29, 0.717) is 78.9 Å². The molecule has 286 valence electrons. The van der Waals surface area contributed by atoms with E-state index in [4.69, 9.17) is 0 Å². The van der Waals surface area contributed by atoms with E-state index in [0.717, 1.165) is 31.6 Å². The van der Waals surface area contributed by atoms with Gasteiger partial charge in [-0.05, 0) is 79.0 Å². The maximum atomic E-state index is 13.6. The van der Waals surface area contributed by atoms with Crippen molar-refractivity contribution in [1.82, 2.24) is 24.6 Å². The van der Waals surface area contributed by atoms with Crippen LogP contribution in [0.4, 0.5) is 18.9 Å². The zero-order chi connectivity index (χ0) is 38.0. The van der Waals surface area contributed by atoms with Crippen molar-refractivity contribution in [2.24, 2.45) is 7.05 Å². The molecule has 14 heteroatoms. The largest absolute Gasteiger partial charge is 0.573 e. The number of aliphatic hydroxyl groups excluding tert-OH is 1. The molecule has 54 heavy (non-hydrogen) atoms. The Kier molecular flexibility index (Phi) is 11.0. The molecule has 3 aliphatic heterocycles. The standard InChI is InChI=1S/C40H45F3N6O5/c1-46-24-33(31-4-2-3-5-32(31)39(46)53)28-6-7-29(35(22-28)54-40(41,42)43)23-48-18-20-49(21-19-48)37(51)25-47-16-14-27(15-17-47)26-8-10-30(11-9-26)44-34-12-13-36(50)45-38(34)52/h2-11,22,24,27,34,38,44,52H,12-21,23,25H2,1H3,(H,45,50). The number of likely N-dealkylation sites (tertiary alicyclic amines) is 1. The molecule has 3 aromatic carbocycles. The monoisotopic (exact) mass is 746 g/mol. The molecular formula is C40H45F3N6O5. The second kappa shape index (κ2) is 15.8. The van der Waals surface area contributed by atoms with Crippen molar-refractivity contribution in [2.75, 3.05) is 51.1 Å². The van der Waals surface area contributed by atoms with Gasteiger partial charge in [0.1, 0.15) is 12.0 Å². The van der Waals surface area contributed by atoms with Crippen LogP contribution in [0.1, 0.15) is 42.7 Å². The highest BCUT2D eigenvalue weighted by atomic mass is 19.4. The average molecular weight is 747 g/mol. The molecule has 2 atom stereocenters. The number of nitrogens with zero attached hydrogens (tertiary/aromatic N) is 4. The van der Waals surface area contributed by atoms with Gasteiger partial charge in [0.25, 0.3) is 5.56 Å². The van der Waals surface area contributed by atoms with Crippen LogP contribution in [0.15, 0.2) is 77.7 Å². The van der Waals surface area contributed by atoms with Crippen molar-refractivity contribution in [3.63, 3.8) is 0 Å². The molecule has 4 aromatic rings. The number of fused-ring (bicyclic) bond motifs is 1. The number of rotatable bonds is 9. The Morgan fingerprint density at radius 3 is 2.30 bits per heavy atom. The Morgan fingerprint density at radius 1 is 0.907 bits per heavy atom. The van der Waals surface area contributed by atoms with Crippen molar-refractivity contribution in [1.29, 1.82) is 0 Å². The topological polar surface area (TPSA) is 119 Å². The molecule has 0 bridgehead atoms. The number of carbonyl (C=O) groups is 2. The van der Waals surface area contributed by atoms with Gasteiger partial charge in [-0.1, -0.05) is 42.5 Å². The highest BCUT2D eigenvalue weighted by Crippen LogP contribution is 2.35. The third-order valence-electron chi connectivity index (χ3n) is 10.9. The van der Waals surface area contributed by atoms with Crippen LogP contribution < -0.4 is 20.9 Å². The van der Waals surface area contributed by atoms with E-state index >= 15 is 0 Å². The number of piperazine rings is 1. The van der Waals surface area contributed by atoms with Crippen LogP contribution >= 0.6 is 0 Å². The molecule has 3 N–H and O–H groups in total. The highest BCUT2D eigenvalue weighted by molar-refractivity contribution is 5.96. The van der Waals surface area contributed by atoms with E-state index in [2.05, 4.69) is 32.4 Å². The van der Waals surface area contributed by atoms with E-state index in [9.17, 15) is 32.7 Å². The summed E-state index contributed by atoms with van der Waals surface area (Å²) < 4.78 is 46.8. The van der Waals surface area contributed by atoms with E-state index in [1.54, 1.807) is 49.6 Å². The predicted molar refractivity (Wildman–Crippen MR) is 199 cm³/mol. The molecule has 4 heterocycles. The molecule has 7 rings (SSSR count). The summed E-state index contributed by atoms with van der Waals surface area (Å²) in [5, 5.41) is 17.1. The zero-order valence-electron chi connectivity index (χ0n) is 30.1. The Bertz CT molecular complexity index is 2040. The number of hydrogen-bond donors (Lipinski definition) is 3. The van der Waals surface area contributed by atoms with Crippen LogP contribution in [0.25, 0.3) is 21.9 Å². The molecule has 0 spiro atoms. The average Bonchev–Trinajstić information content (AvgIpc) is 3.15. The number of benzene rings is 3. The van der Waals surface area contributed by atoms with Gasteiger partial charge in [-0.2, -0.15) is 0 Å². The van der Waals surface area contributed by atoms with Gasteiger partial charge in [0.2, 0.25) is 11.8 Å². The van der Waals surface area contributed by atoms with Gasteiger partial charge in [-0.25, -0.2) is 0 Å². The van der Waals surface area contributed by atoms with Crippen molar-refractivity contribution in [3.8, 4) is 16.9 Å². The first-order chi connectivity index (χ1) is 25.9. The van der Waals surface area contributed by atoms with E-state index in [1.807, 2.05) is 21.9 Å². The fraction of sp³-hybridized carbons (Fsp3) is 0.425. The second-order valence-electron chi connectivity index (χ2n) is 14.5. The van der Waals surface area contributed by atoms with E-state index in [-0.39, 0.29) is 35.7 Å². The smallest absolute Gasteiger partial charge is 0.405 e. The van der Waals surface area contributed by atoms with E-state index < -0.39 is 12.6 Å². The Morgan fingerprint density at radius 2 is 1.61 bits per heavy atom. The number of pyridine rings is 1. The first kappa shape index (κ1) is 37.4. The Hall–Kier alpha value is -4.92. The number of ether oxygens (including phenoxy) is 1. The number of aryl methyl sites for hydroxylation is 1. The lowest BCUT2D eigenvalue weighted by atomic mass is 9.89. The van der Waals surface area contributed by atoms with Crippen LogP contribution in [0, 0.1) is 0 Å². The summed E-state index contributed by atoms with van der Waals surface area (Å²) in [6.45, 7) is 4.18. The number of nitrogens with one attached hydrogen (secondary N) is 2. The van der Waals surface area contributed by atoms with Gasteiger partial charge in [0.15, 0.2) is 0 Å². The minimum Gasteiger partial charge on any atom is -0.405 e. The molecule has 3 aliphatic rings. The second-order valence-corrected chi connectivity index (χ2v) is 14.5. The first-order valence-electron chi connectivity index (χ1n) is 18.4. The Balaban J connectivity index is 0.908. The lowest BCUT2D eigenvalue weighted by molar-refractivity contribution is -0.275. The first-order valence-corrected chi connectivity index (χ1v) is 18.4. The van der Waals surface area contributed by atoms with Crippen molar-refractivity contribution < 1.29 is 32.6 Å². The maximum Gasteiger partial charge on any atom is 0.573 e. The SMILES string of the molecule is Cn1cc(-c2ccc(CN3CCN(C(=O)CN4CCC(c5ccc(NC6CCC(=O)NC6O)cc5)CC4)CC3)c(OC(F)(F)F)c2)c2ccccc2c1=O.